The smallest absolute Gasteiger partial charge is 0.243 e. The van der Waals surface area contributed by atoms with Gasteiger partial charge in [-0.15, -0.1) is 0 Å². The number of nitrogens with zero attached hydrogens (tertiary/aromatic N) is 4. The Hall–Kier alpha value is -3.50. The highest BCUT2D eigenvalue weighted by Crippen LogP contribution is 2.52. The number of sulfone groups is 1. The third kappa shape index (κ3) is 6.77. The zero-order valence-corrected chi connectivity index (χ0v) is 30.2. The molecule has 2 saturated heterocycles. The van der Waals surface area contributed by atoms with Crippen molar-refractivity contribution in [1.82, 2.24) is 19.8 Å². The summed E-state index contributed by atoms with van der Waals surface area (Å²) in [6.07, 6.45) is 13.6. The highest BCUT2D eigenvalue weighted by atomic mass is 32.2. The highest BCUT2D eigenvalue weighted by molar-refractivity contribution is 7.92. The minimum atomic E-state index is -3.20. The van der Waals surface area contributed by atoms with E-state index < -0.39 is 9.84 Å². The summed E-state index contributed by atoms with van der Waals surface area (Å²) < 4.78 is 43.1. The number of nitrogens with one attached hydrogen (secondary N) is 1. The fourth-order valence-corrected chi connectivity index (χ4v) is 11.4. The SMILES string of the molecule is C=CC(=O)N[C@H]1CCC[C@@H]1[C@](Cn1ccnc1CC)(c1cccc(F)c1)C1CCN(CC2CN(c3ccc(S(=O)(=O)C4CCC4)cc3)C2)CC1.[HH]. The largest absolute Gasteiger partial charge is 0.371 e. The number of hydrogen-bond donors (Lipinski definition) is 1. The van der Waals surface area contributed by atoms with E-state index in [0.29, 0.717) is 23.3 Å². The van der Waals surface area contributed by atoms with Crippen molar-refractivity contribution in [3.05, 3.63) is 90.8 Å². The van der Waals surface area contributed by atoms with Crippen LogP contribution in [-0.2, 0) is 33.0 Å². The van der Waals surface area contributed by atoms with Crippen LogP contribution in [-0.4, -0.2) is 72.8 Å². The highest BCUT2D eigenvalue weighted by Gasteiger charge is 2.52. The van der Waals surface area contributed by atoms with Crippen LogP contribution in [0.25, 0.3) is 0 Å². The summed E-state index contributed by atoms with van der Waals surface area (Å²) in [7, 11) is -3.20. The number of likely N-dealkylation sites (tertiary alicyclic amines) is 1. The number of rotatable bonds is 13. The average Bonchev–Trinajstić information content (AvgIpc) is 3.73. The quantitative estimate of drug-likeness (QED) is 0.207. The Morgan fingerprint density at radius 2 is 1.80 bits per heavy atom. The van der Waals surface area contributed by atoms with Gasteiger partial charge in [0.05, 0.1) is 10.1 Å². The Morgan fingerprint density at radius 3 is 2.46 bits per heavy atom. The van der Waals surface area contributed by atoms with Crippen molar-refractivity contribution in [2.45, 2.75) is 92.9 Å². The van der Waals surface area contributed by atoms with Gasteiger partial charge >= 0.3 is 0 Å². The van der Waals surface area contributed by atoms with E-state index >= 15 is 4.39 Å². The Morgan fingerprint density at radius 1 is 1.06 bits per heavy atom. The number of halogens is 1. The van der Waals surface area contributed by atoms with Crippen LogP contribution in [0, 0.1) is 23.6 Å². The Kier molecular flexibility index (Phi) is 10.2. The van der Waals surface area contributed by atoms with Gasteiger partial charge in [0.15, 0.2) is 9.84 Å². The molecule has 7 rings (SSSR count). The van der Waals surface area contributed by atoms with Crippen LogP contribution in [0.4, 0.5) is 10.1 Å². The fourth-order valence-electron chi connectivity index (χ4n) is 9.55. The first-order valence-electron chi connectivity index (χ1n) is 18.7. The first kappa shape index (κ1) is 34.9. The Bertz CT molecular complexity index is 1770. The molecule has 10 heteroatoms. The molecule has 270 valence electrons. The van der Waals surface area contributed by atoms with E-state index in [1.165, 1.54) is 12.1 Å². The van der Waals surface area contributed by atoms with Crippen molar-refractivity contribution >= 4 is 21.4 Å². The van der Waals surface area contributed by atoms with Crippen LogP contribution in [0.3, 0.4) is 0 Å². The number of hydrogen-bond acceptors (Lipinski definition) is 6. The number of carbonyl (C=O) groups excluding carboxylic acids is 1. The van der Waals surface area contributed by atoms with Gasteiger partial charge in [0.1, 0.15) is 11.6 Å². The van der Waals surface area contributed by atoms with Gasteiger partial charge < -0.3 is 19.7 Å². The Balaban J connectivity index is 0.00000448. The summed E-state index contributed by atoms with van der Waals surface area (Å²) in [5.41, 5.74) is 1.73. The molecular weight excluding hydrogens is 650 g/mol. The zero-order chi connectivity index (χ0) is 34.9. The van der Waals surface area contributed by atoms with Crippen molar-refractivity contribution in [3.63, 3.8) is 0 Å². The van der Waals surface area contributed by atoms with E-state index in [4.69, 9.17) is 0 Å². The predicted molar refractivity (Wildman–Crippen MR) is 197 cm³/mol. The van der Waals surface area contributed by atoms with Crippen molar-refractivity contribution in [3.8, 4) is 0 Å². The molecule has 1 aromatic heterocycles. The lowest BCUT2D eigenvalue weighted by Crippen LogP contribution is -2.56. The van der Waals surface area contributed by atoms with Crippen LogP contribution in [0.15, 0.2) is 78.5 Å². The lowest BCUT2D eigenvalue weighted by molar-refractivity contribution is -0.117. The molecule has 1 amide bonds. The van der Waals surface area contributed by atoms with Crippen LogP contribution in [0.5, 0.6) is 0 Å². The van der Waals surface area contributed by atoms with Crippen molar-refractivity contribution in [1.29, 1.82) is 0 Å². The summed E-state index contributed by atoms with van der Waals surface area (Å²) >= 11 is 0. The van der Waals surface area contributed by atoms with Gasteiger partial charge in [-0.1, -0.05) is 38.5 Å². The fraction of sp³-hybridized carbons (Fsp3) is 0.550. The third-order valence-corrected chi connectivity index (χ3v) is 14.7. The number of imidazole rings is 1. The number of carbonyl (C=O) groups is 1. The summed E-state index contributed by atoms with van der Waals surface area (Å²) in [6.45, 7) is 11.5. The maximum atomic E-state index is 15.1. The van der Waals surface area contributed by atoms with E-state index in [1.54, 1.807) is 18.2 Å². The van der Waals surface area contributed by atoms with E-state index in [2.05, 4.69) is 50.4 Å². The average molecular weight is 704 g/mol. The molecule has 3 heterocycles. The third-order valence-electron chi connectivity index (χ3n) is 12.4. The molecule has 1 N–H and O–H groups in total. The number of piperidine rings is 1. The molecule has 50 heavy (non-hydrogen) atoms. The molecule has 0 radical (unpaired) electrons. The maximum absolute atomic E-state index is 15.1. The summed E-state index contributed by atoms with van der Waals surface area (Å²) in [4.78, 5) is 22.7. The number of aromatic nitrogens is 2. The second-order valence-corrected chi connectivity index (χ2v) is 17.4. The summed E-state index contributed by atoms with van der Waals surface area (Å²) in [5, 5.41) is 3.08. The number of benzene rings is 2. The molecule has 0 bridgehead atoms. The molecule has 2 aromatic carbocycles. The molecule has 0 unspecified atom stereocenters. The molecule has 3 aromatic rings. The van der Waals surface area contributed by atoms with Gasteiger partial charge in [-0.2, -0.15) is 0 Å². The van der Waals surface area contributed by atoms with E-state index in [9.17, 15) is 13.2 Å². The lowest BCUT2D eigenvalue weighted by Gasteiger charge is -2.51. The van der Waals surface area contributed by atoms with Gasteiger partial charge in [0, 0.05) is 69.5 Å². The standard InChI is InChI=1S/C40H52FN5O3S.H2/c1-3-38-42-20-23-45(38)28-40(31-8-5-9-32(41)24-31,36-12-7-13-37(36)43-39(47)4-2)30-18-21-44(22-19-30)25-29-26-46(27-29)33-14-16-35(17-15-33)50(48,49)34-10-6-11-34;/h4-5,8-9,14-17,20,23-24,29-30,34,36-37H,2-3,6-7,10-13,18-19,21-22,25-28H2,1H3,(H,43,47);1H/t36-,37-,40-;/m0./s1. The molecule has 2 aliphatic carbocycles. The van der Waals surface area contributed by atoms with Gasteiger partial charge in [-0.3, -0.25) is 4.79 Å². The molecule has 3 atom stereocenters. The van der Waals surface area contributed by atoms with Crippen LogP contribution in [0.1, 0.15) is 71.1 Å². The maximum Gasteiger partial charge on any atom is 0.243 e. The molecule has 4 aliphatic rings. The number of anilines is 1. The van der Waals surface area contributed by atoms with Gasteiger partial charge in [0.25, 0.3) is 0 Å². The first-order valence-corrected chi connectivity index (χ1v) is 20.3. The second-order valence-electron chi connectivity index (χ2n) is 15.2. The summed E-state index contributed by atoms with van der Waals surface area (Å²) in [6, 6.07) is 14.7. The molecule has 8 nitrogen and oxygen atoms in total. The van der Waals surface area contributed by atoms with Crippen LogP contribution < -0.4 is 10.2 Å². The number of amides is 1. The molecule has 4 fully saturated rings. The predicted octanol–water partition coefficient (Wildman–Crippen LogP) is 6.41. The van der Waals surface area contributed by atoms with E-state index in [0.717, 1.165) is 108 Å². The normalized spacial score (nSPS) is 23.6. The van der Waals surface area contributed by atoms with Crippen molar-refractivity contribution in [2.24, 2.45) is 17.8 Å². The van der Waals surface area contributed by atoms with Gasteiger partial charge in [0.2, 0.25) is 5.91 Å². The zero-order valence-electron chi connectivity index (χ0n) is 29.4. The van der Waals surface area contributed by atoms with Crippen LogP contribution in [0.2, 0.25) is 0 Å². The molecular formula is C40H54FN5O3S. The van der Waals surface area contributed by atoms with Gasteiger partial charge in [-0.25, -0.2) is 17.8 Å². The number of aryl methyl sites for hydroxylation is 1. The van der Waals surface area contributed by atoms with E-state index in [-0.39, 0.29) is 35.8 Å². The topological polar surface area (TPSA) is 87.5 Å². The van der Waals surface area contributed by atoms with E-state index in [1.807, 2.05) is 24.4 Å². The first-order chi connectivity index (χ1) is 24.2. The minimum Gasteiger partial charge on any atom is -0.371 e. The second kappa shape index (κ2) is 14.6. The molecule has 2 aliphatic heterocycles. The molecule has 0 spiro atoms. The monoisotopic (exact) mass is 703 g/mol. The minimum absolute atomic E-state index is 0. The summed E-state index contributed by atoms with van der Waals surface area (Å²) in [5.74, 6) is 1.66. The molecule has 2 saturated carbocycles. The van der Waals surface area contributed by atoms with Crippen molar-refractivity contribution < 1.29 is 19.0 Å². The van der Waals surface area contributed by atoms with Gasteiger partial charge in [-0.05, 0) is 111 Å². The van der Waals surface area contributed by atoms with Crippen molar-refractivity contribution in [2.75, 3.05) is 37.6 Å². The Labute approximate surface area is 298 Å². The lowest BCUT2D eigenvalue weighted by atomic mass is 9.58. The van der Waals surface area contributed by atoms with Crippen LogP contribution >= 0.6 is 0 Å².